The number of aliphatic hydroxyl groups is 1. The van der Waals surface area contributed by atoms with E-state index in [1.165, 1.54) is 6.42 Å². The van der Waals surface area contributed by atoms with E-state index in [4.69, 9.17) is 4.74 Å². The molecule has 1 heterocycles. The van der Waals surface area contributed by atoms with Crippen LogP contribution in [0.15, 0.2) is 0 Å². The largest absolute Gasteiger partial charge is 0.390 e. The maximum atomic E-state index is 9.97. The molecule has 0 spiro atoms. The Kier molecular flexibility index (Phi) is 7.56. The quantitative estimate of drug-likeness (QED) is 0.674. The molecule has 0 saturated carbocycles. The lowest BCUT2D eigenvalue weighted by atomic mass is 10.1. The highest BCUT2D eigenvalue weighted by Gasteiger charge is 2.24. The summed E-state index contributed by atoms with van der Waals surface area (Å²) in [7, 11) is 1.69. The van der Waals surface area contributed by atoms with Crippen LogP contribution in [0.3, 0.4) is 0 Å². The fourth-order valence-corrected chi connectivity index (χ4v) is 3.19. The van der Waals surface area contributed by atoms with Crippen LogP contribution in [0.5, 0.6) is 0 Å². The van der Waals surface area contributed by atoms with Crippen LogP contribution in [0.25, 0.3) is 0 Å². The average Bonchev–Trinajstić information content (AvgIpc) is 2.47. The number of thioether (sulfide) groups is 1. The van der Waals surface area contributed by atoms with Gasteiger partial charge in [-0.2, -0.15) is 11.8 Å². The van der Waals surface area contributed by atoms with Crippen molar-refractivity contribution in [1.29, 1.82) is 0 Å². The minimum absolute atomic E-state index is 0.284. The highest BCUT2D eigenvalue weighted by molar-refractivity contribution is 8.00. The van der Waals surface area contributed by atoms with E-state index in [9.17, 15) is 5.11 Å². The van der Waals surface area contributed by atoms with Crippen LogP contribution < -0.4 is 5.32 Å². The van der Waals surface area contributed by atoms with Crippen LogP contribution in [0, 0.1) is 0 Å². The first kappa shape index (κ1) is 16.2. The Balaban J connectivity index is 2.17. The maximum absolute atomic E-state index is 9.97. The van der Waals surface area contributed by atoms with Crippen molar-refractivity contribution < 1.29 is 9.84 Å². The lowest BCUT2D eigenvalue weighted by molar-refractivity contribution is 0.110. The van der Waals surface area contributed by atoms with Gasteiger partial charge in [-0.15, -0.1) is 0 Å². The second kappa shape index (κ2) is 8.38. The molecule has 4 nitrogen and oxygen atoms in total. The number of β-amino-alcohol motifs (C(OH)–C–C–N with tert-alkyl or cyclic N) is 1. The van der Waals surface area contributed by atoms with E-state index in [1.807, 2.05) is 11.8 Å². The Morgan fingerprint density at radius 3 is 2.94 bits per heavy atom. The van der Waals surface area contributed by atoms with Gasteiger partial charge in [0, 0.05) is 43.8 Å². The zero-order valence-corrected chi connectivity index (χ0v) is 12.8. The molecule has 1 fully saturated rings. The van der Waals surface area contributed by atoms with Gasteiger partial charge in [-0.3, -0.25) is 4.90 Å². The van der Waals surface area contributed by atoms with E-state index in [1.54, 1.807) is 7.11 Å². The molecule has 5 heteroatoms. The second-order valence-corrected chi connectivity index (χ2v) is 7.31. The molecule has 0 aromatic heterocycles. The van der Waals surface area contributed by atoms with E-state index in [2.05, 4.69) is 24.1 Å². The number of hydrogen-bond acceptors (Lipinski definition) is 5. The maximum Gasteiger partial charge on any atom is 0.0791 e. The Morgan fingerprint density at radius 2 is 2.22 bits per heavy atom. The van der Waals surface area contributed by atoms with Gasteiger partial charge in [-0.1, -0.05) is 13.8 Å². The van der Waals surface area contributed by atoms with Crippen molar-refractivity contribution in [2.24, 2.45) is 0 Å². The number of methoxy groups -OCH3 is 1. The van der Waals surface area contributed by atoms with Crippen molar-refractivity contribution in [3.05, 3.63) is 0 Å². The summed E-state index contributed by atoms with van der Waals surface area (Å²) < 4.78 is 5.34. The fraction of sp³-hybridized carbons (Fsp3) is 1.00. The minimum atomic E-state index is -0.284. The third-order valence-electron chi connectivity index (χ3n) is 3.26. The van der Waals surface area contributed by atoms with Gasteiger partial charge in [0.2, 0.25) is 0 Å². The molecule has 18 heavy (non-hydrogen) atoms. The van der Waals surface area contributed by atoms with Gasteiger partial charge in [0.1, 0.15) is 0 Å². The zero-order valence-electron chi connectivity index (χ0n) is 11.9. The van der Waals surface area contributed by atoms with E-state index in [0.29, 0.717) is 17.9 Å². The van der Waals surface area contributed by atoms with Gasteiger partial charge in [0.25, 0.3) is 0 Å². The summed E-state index contributed by atoms with van der Waals surface area (Å²) >= 11 is 2.04. The summed E-state index contributed by atoms with van der Waals surface area (Å²) in [5, 5.41) is 13.2. The standard InChI is InChI=1S/C13H28N2O2S/c1-13(2)4-6-15(7-9-18-13)11-12(16)10-14-5-8-17-3/h12,14,16H,4-11H2,1-3H3. The number of nitrogens with one attached hydrogen (secondary N) is 1. The number of nitrogens with zero attached hydrogens (tertiary/aromatic N) is 1. The molecule has 2 N–H and O–H groups in total. The molecule has 1 aliphatic rings. The molecule has 1 saturated heterocycles. The summed E-state index contributed by atoms with van der Waals surface area (Å²) in [6.45, 7) is 9.72. The predicted molar refractivity (Wildman–Crippen MR) is 78.3 cm³/mol. The molecular weight excluding hydrogens is 248 g/mol. The minimum Gasteiger partial charge on any atom is -0.390 e. The number of rotatable bonds is 7. The van der Waals surface area contributed by atoms with Gasteiger partial charge in [-0.05, 0) is 13.0 Å². The third kappa shape index (κ3) is 6.95. The summed E-state index contributed by atoms with van der Waals surface area (Å²) in [4.78, 5) is 2.38. The molecule has 108 valence electrons. The van der Waals surface area contributed by atoms with E-state index in [-0.39, 0.29) is 6.10 Å². The van der Waals surface area contributed by atoms with Crippen LogP contribution in [0.4, 0.5) is 0 Å². The van der Waals surface area contributed by atoms with E-state index in [0.717, 1.165) is 31.9 Å². The topological polar surface area (TPSA) is 44.7 Å². The molecule has 1 aliphatic heterocycles. The monoisotopic (exact) mass is 276 g/mol. The molecule has 0 aliphatic carbocycles. The Morgan fingerprint density at radius 1 is 1.44 bits per heavy atom. The van der Waals surface area contributed by atoms with Crippen LogP contribution in [0.2, 0.25) is 0 Å². The van der Waals surface area contributed by atoms with Gasteiger partial charge in [0.15, 0.2) is 0 Å². The van der Waals surface area contributed by atoms with Crippen molar-refractivity contribution >= 4 is 11.8 Å². The van der Waals surface area contributed by atoms with Crippen molar-refractivity contribution in [3.8, 4) is 0 Å². The Hall–Kier alpha value is 0.190. The average molecular weight is 276 g/mol. The van der Waals surface area contributed by atoms with Crippen LogP contribution in [-0.4, -0.2) is 73.1 Å². The van der Waals surface area contributed by atoms with Crippen molar-refractivity contribution in [3.63, 3.8) is 0 Å². The molecule has 0 aromatic carbocycles. The number of hydrogen-bond donors (Lipinski definition) is 2. The number of ether oxygens (including phenoxy) is 1. The summed E-state index contributed by atoms with van der Waals surface area (Å²) in [5.41, 5.74) is 0. The first-order chi connectivity index (χ1) is 8.53. The molecule has 0 amide bonds. The summed E-state index contributed by atoms with van der Waals surface area (Å²) in [5.74, 6) is 1.16. The zero-order chi connectivity index (χ0) is 13.4. The predicted octanol–water partition coefficient (Wildman–Crippen LogP) is 0.801. The third-order valence-corrected chi connectivity index (χ3v) is 4.63. The molecule has 0 bridgehead atoms. The van der Waals surface area contributed by atoms with Crippen LogP contribution in [-0.2, 0) is 4.74 Å². The van der Waals surface area contributed by atoms with Crippen LogP contribution in [0.1, 0.15) is 20.3 Å². The number of aliphatic hydroxyl groups excluding tert-OH is 1. The van der Waals surface area contributed by atoms with Gasteiger partial charge < -0.3 is 15.2 Å². The summed E-state index contributed by atoms with van der Waals surface area (Å²) in [6.07, 6.45) is 0.912. The van der Waals surface area contributed by atoms with Crippen molar-refractivity contribution in [2.75, 3.05) is 52.2 Å². The van der Waals surface area contributed by atoms with Crippen molar-refractivity contribution in [1.82, 2.24) is 10.2 Å². The molecule has 0 aromatic rings. The highest BCUT2D eigenvalue weighted by Crippen LogP contribution is 2.30. The molecule has 1 rings (SSSR count). The lowest BCUT2D eigenvalue weighted by Gasteiger charge is -2.24. The smallest absolute Gasteiger partial charge is 0.0791 e. The van der Waals surface area contributed by atoms with Crippen molar-refractivity contribution in [2.45, 2.75) is 31.1 Å². The summed E-state index contributed by atoms with van der Waals surface area (Å²) in [6, 6.07) is 0. The fourth-order valence-electron chi connectivity index (χ4n) is 2.05. The molecule has 1 unspecified atom stereocenters. The normalized spacial score (nSPS) is 22.7. The first-order valence-corrected chi connectivity index (χ1v) is 7.76. The lowest BCUT2D eigenvalue weighted by Crippen LogP contribution is -2.40. The SMILES string of the molecule is COCCNCC(O)CN1CCSC(C)(C)CC1. The molecular formula is C13H28N2O2S. The van der Waals surface area contributed by atoms with Gasteiger partial charge in [-0.25, -0.2) is 0 Å². The van der Waals surface area contributed by atoms with Gasteiger partial charge in [0.05, 0.1) is 12.7 Å². The second-order valence-electron chi connectivity index (χ2n) is 5.51. The van der Waals surface area contributed by atoms with Crippen LogP contribution >= 0.6 is 11.8 Å². The van der Waals surface area contributed by atoms with Gasteiger partial charge >= 0.3 is 0 Å². The highest BCUT2D eigenvalue weighted by atomic mass is 32.2. The first-order valence-electron chi connectivity index (χ1n) is 6.77. The van der Waals surface area contributed by atoms with E-state index >= 15 is 0 Å². The Bertz CT molecular complexity index is 227. The molecule has 0 radical (unpaired) electrons. The molecule has 1 atom stereocenters. The Labute approximate surface area is 115 Å². The van der Waals surface area contributed by atoms with E-state index < -0.39 is 0 Å².